The van der Waals surface area contributed by atoms with Crippen molar-refractivity contribution in [1.82, 2.24) is 9.47 Å². The normalized spacial score (nSPS) is 15.8. The molecule has 0 bridgehead atoms. The SMILES string of the molecule is CN(C(=O)[C@@H](C(=O)c1ccc(Cl)cc1Cl)n1ccccc1=O)C1CCCCC1. The molecule has 1 aromatic heterocycles. The maximum absolute atomic E-state index is 13.4. The molecule has 5 nitrogen and oxygen atoms in total. The van der Waals surface area contributed by atoms with Crippen molar-refractivity contribution in [3.63, 3.8) is 0 Å². The molecule has 0 N–H and O–H groups in total. The van der Waals surface area contributed by atoms with Crippen molar-refractivity contribution in [3.8, 4) is 0 Å². The molecule has 1 atom stereocenters. The third-order valence-electron chi connectivity index (χ3n) is 5.28. The number of benzene rings is 1. The lowest BCUT2D eigenvalue weighted by Gasteiger charge is -2.33. The van der Waals surface area contributed by atoms with Gasteiger partial charge in [-0.3, -0.25) is 19.0 Å². The summed E-state index contributed by atoms with van der Waals surface area (Å²) in [7, 11) is 1.70. The highest BCUT2D eigenvalue weighted by Crippen LogP contribution is 2.28. The zero-order valence-electron chi connectivity index (χ0n) is 15.6. The van der Waals surface area contributed by atoms with Gasteiger partial charge in [0.05, 0.1) is 5.02 Å². The molecule has 0 unspecified atom stereocenters. The smallest absolute Gasteiger partial charge is 0.253 e. The maximum Gasteiger partial charge on any atom is 0.253 e. The summed E-state index contributed by atoms with van der Waals surface area (Å²) in [5, 5.41) is 0.542. The van der Waals surface area contributed by atoms with E-state index >= 15 is 0 Å². The van der Waals surface area contributed by atoms with Crippen LogP contribution >= 0.6 is 23.2 Å². The van der Waals surface area contributed by atoms with Crippen molar-refractivity contribution in [2.24, 2.45) is 0 Å². The van der Waals surface area contributed by atoms with E-state index in [0.29, 0.717) is 5.02 Å². The Morgan fingerprint density at radius 1 is 1.11 bits per heavy atom. The molecule has 2 aromatic rings. The number of carbonyl (C=O) groups is 2. The van der Waals surface area contributed by atoms with Crippen LogP contribution in [0.5, 0.6) is 0 Å². The van der Waals surface area contributed by atoms with Crippen LogP contribution in [0.4, 0.5) is 0 Å². The number of rotatable bonds is 5. The first-order valence-corrected chi connectivity index (χ1v) is 10.1. The zero-order chi connectivity index (χ0) is 20.3. The highest BCUT2D eigenvalue weighted by atomic mass is 35.5. The van der Waals surface area contributed by atoms with Crippen LogP contribution in [0.3, 0.4) is 0 Å². The van der Waals surface area contributed by atoms with Gasteiger partial charge >= 0.3 is 0 Å². The summed E-state index contributed by atoms with van der Waals surface area (Å²) in [6.45, 7) is 0. The number of ketones is 1. The molecule has 1 heterocycles. The zero-order valence-corrected chi connectivity index (χ0v) is 17.1. The topological polar surface area (TPSA) is 59.4 Å². The summed E-state index contributed by atoms with van der Waals surface area (Å²) in [5.41, 5.74) is -0.256. The fraction of sp³-hybridized carbons (Fsp3) is 0.381. The third-order valence-corrected chi connectivity index (χ3v) is 5.83. The number of Topliss-reactive ketones (excluding diaryl/α,β-unsaturated/α-hetero) is 1. The molecular weight excluding hydrogens is 399 g/mol. The quantitative estimate of drug-likeness (QED) is 0.532. The second-order valence-corrected chi connectivity index (χ2v) is 7.92. The molecule has 1 aliphatic rings. The van der Waals surface area contributed by atoms with E-state index in [1.54, 1.807) is 30.1 Å². The van der Waals surface area contributed by atoms with Gasteiger partial charge in [0, 0.05) is 35.9 Å². The van der Waals surface area contributed by atoms with Crippen molar-refractivity contribution < 1.29 is 9.59 Å². The molecule has 28 heavy (non-hydrogen) atoms. The number of hydrogen-bond acceptors (Lipinski definition) is 3. The van der Waals surface area contributed by atoms with Crippen LogP contribution in [-0.2, 0) is 4.79 Å². The molecular formula is C21H22Cl2N2O3. The second kappa shape index (κ2) is 8.93. The fourth-order valence-electron chi connectivity index (χ4n) is 3.69. The lowest BCUT2D eigenvalue weighted by atomic mass is 9.93. The van der Waals surface area contributed by atoms with E-state index < -0.39 is 23.3 Å². The van der Waals surface area contributed by atoms with Crippen molar-refractivity contribution >= 4 is 34.9 Å². The molecule has 1 saturated carbocycles. The number of halogens is 2. The number of nitrogens with zero attached hydrogens (tertiary/aromatic N) is 2. The van der Waals surface area contributed by atoms with E-state index in [2.05, 4.69) is 0 Å². The van der Waals surface area contributed by atoms with Gasteiger partial charge in [0.15, 0.2) is 11.8 Å². The first-order valence-electron chi connectivity index (χ1n) is 9.33. The van der Waals surface area contributed by atoms with Gasteiger partial charge in [-0.25, -0.2) is 0 Å². The van der Waals surface area contributed by atoms with Crippen LogP contribution in [0.15, 0.2) is 47.4 Å². The van der Waals surface area contributed by atoms with Crippen LogP contribution in [-0.4, -0.2) is 34.2 Å². The molecule has 7 heteroatoms. The largest absolute Gasteiger partial charge is 0.341 e. The standard InChI is InChI=1S/C21H22Cl2N2O3/c1-24(15-7-3-2-4-8-15)21(28)19(25-12-6-5-9-18(25)26)20(27)16-11-10-14(22)13-17(16)23/h5-6,9-13,15,19H,2-4,7-8H2,1H3/t19-/m1/s1. The number of aromatic nitrogens is 1. The fourth-order valence-corrected chi connectivity index (χ4v) is 4.19. The molecule has 3 rings (SSSR count). The average Bonchev–Trinajstić information content (AvgIpc) is 2.69. The summed E-state index contributed by atoms with van der Waals surface area (Å²) in [5.74, 6) is -0.932. The van der Waals surface area contributed by atoms with E-state index in [1.807, 2.05) is 0 Å². The van der Waals surface area contributed by atoms with Gasteiger partial charge in [0.2, 0.25) is 0 Å². The molecule has 1 aliphatic carbocycles. The Hall–Kier alpha value is -2.11. The van der Waals surface area contributed by atoms with E-state index in [4.69, 9.17) is 23.2 Å². The Bertz CT molecular complexity index is 935. The van der Waals surface area contributed by atoms with Crippen molar-refractivity contribution in [3.05, 3.63) is 68.6 Å². The lowest BCUT2D eigenvalue weighted by molar-refractivity contribution is -0.134. The van der Waals surface area contributed by atoms with Gasteiger partial charge in [-0.05, 0) is 37.1 Å². The van der Waals surface area contributed by atoms with Crippen LogP contribution in [0.1, 0.15) is 48.5 Å². The molecule has 1 aromatic carbocycles. The lowest BCUT2D eigenvalue weighted by Crippen LogP contribution is -2.46. The Labute approximate surface area is 173 Å². The van der Waals surface area contributed by atoms with Crippen molar-refractivity contribution in [2.75, 3.05) is 7.05 Å². The molecule has 0 saturated heterocycles. The maximum atomic E-state index is 13.4. The predicted octanol–water partition coefficient (Wildman–Crippen LogP) is 4.37. The van der Waals surface area contributed by atoms with Crippen LogP contribution in [0.25, 0.3) is 0 Å². The Kier molecular flexibility index (Phi) is 6.57. The monoisotopic (exact) mass is 420 g/mol. The minimum absolute atomic E-state index is 0.0663. The number of pyridine rings is 1. The van der Waals surface area contributed by atoms with Gasteiger partial charge in [-0.1, -0.05) is 48.5 Å². The average molecular weight is 421 g/mol. The van der Waals surface area contributed by atoms with E-state index in [1.165, 1.54) is 29.0 Å². The third kappa shape index (κ3) is 4.31. The van der Waals surface area contributed by atoms with Gasteiger partial charge < -0.3 is 4.90 Å². The first-order chi connectivity index (χ1) is 13.4. The number of carbonyl (C=O) groups excluding carboxylic acids is 2. The van der Waals surface area contributed by atoms with Gasteiger partial charge in [-0.15, -0.1) is 0 Å². The van der Waals surface area contributed by atoms with Crippen LogP contribution in [0, 0.1) is 0 Å². The summed E-state index contributed by atoms with van der Waals surface area (Å²) >= 11 is 12.1. The minimum Gasteiger partial charge on any atom is -0.341 e. The molecule has 0 aliphatic heterocycles. The first kappa shape index (κ1) is 20.6. The number of amides is 1. The van der Waals surface area contributed by atoms with E-state index in [0.717, 1.165) is 32.1 Å². The second-order valence-electron chi connectivity index (χ2n) is 7.08. The Balaban J connectivity index is 2.02. The summed E-state index contributed by atoms with van der Waals surface area (Å²) in [6, 6.07) is 7.77. The molecule has 1 fully saturated rings. The van der Waals surface area contributed by atoms with E-state index in [9.17, 15) is 14.4 Å². The van der Waals surface area contributed by atoms with Crippen molar-refractivity contribution in [2.45, 2.75) is 44.2 Å². The van der Waals surface area contributed by atoms with Crippen molar-refractivity contribution in [1.29, 1.82) is 0 Å². The minimum atomic E-state index is -1.31. The molecule has 1 amide bonds. The summed E-state index contributed by atoms with van der Waals surface area (Å²) in [4.78, 5) is 40.7. The Morgan fingerprint density at radius 3 is 2.46 bits per heavy atom. The van der Waals surface area contributed by atoms with Gasteiger partial charge in [0.25, 0.3) is 11.5 Å². The number of likely N-dealkylation sites (N-methyl/N-ethyl adjacent to an activating group) is 1. The van der Waals surface area contributed by atoms with E-state index in [-0.39, 0.29) is 16.6 Å². The van der Waals surface area contributed by atoms with Crippen LogP contribution in [0.2, 0.25) is 10.0 Å². The highest BCUT2D eigenvalue weighted by molar-refractivity contribution is 6.37. The number of hydrogen-bond donors (Lipinski definition) is 0. The molecule has 0 radical (unpaired) electrons. The van der Waals surface area contributed by atoms with Crippen LogP contribution < -0.4 is 5.56 Å². The predicted molar refractivity (Wildman–Crippen MR) is 110 cm³/mol. The molecule has 0 spiro atoms. The summed E-state index contributed by atoms with van der Waals surface area (Å²) in [6.07, 6.45) is 6.51. The Morgan fingerprint density at radius 2 is 1.82 bits per heavy atom. The molecule has 148 valence electrons. The highest BCUT2D eigenvalue weighted by Gasteiger charge is 2.35. The van der Waals surface area contributed by atoms with Gasteiger partial charge in [0.1, 0.15) is 0 Å². The summed E-state index contributed by atoms with van der Waals surface area (Å²) < 4.78 is 1.18. The van der Waals surface area contributed by atoms with Gasteiger partial charge in [-0.2, -0.15) is 0 Å².